The van der Waals surface area contributed by atoms with Gasteiger partial charge in [-0.15, -0.1) is 0 Å². The number of aryl methyl sites for hydroxylation is 1. The molecule has 1 aliphatic carbocycles. The van der Waals surface area contributed by atoms with Gasteiger partial charge >= 0.3 is 0 Å². The summed E-state index contributed by atoms with van der Waals surface area (Å²) in [7, 11) is 0. The van der Waals surface area contributed by atoms with E-state index in [2.05, 4.69) is 10.2 Å². The summed E-state index contributed by atoms with van der Waals surface area (Å²) in [6, 6.07) is 2.58. The fourth-order valence-corrected chi connectivity index (χ4v) is 2.75. The third-order valence-corrected chi connectivity index (χ3v) is 4.04. The minimum absolute atomic E-state index is 0.00822. The van der Waals surface area contributed by atoms with Crippen LogP contribution in [0.2, 0.25) is 0 Å². The quantitative estimate of drug-likeness (QED) is 0.883. The smallest absolute Gasteiger partial charge is 0.254 e. The zero-order chi connectivity index (χ0) is 12.5. The fraction of sp³-hybridized carbons (Fsp3) is 0.643. The molecule has 0 radical (unpaired) electrons. The Hall–Kier alpha value is -1.29. The second-order valence-electron chi connectivity index (χ2n) is 5.48. The number of carbonyl (C=O) groups is 1. The lowest BCUT2D eigenvalue weighted by Crippen LogP contribution is -2.31. The molecule has 2 fully saturated rings. The first kappa shape index (κ1) is 11.8. The van der Waals surface area contributed by atoms with E-state index in [0.29, 0.717) is 17.2 Å². The van der Waals surface area contributed by atoms with E-state index < -0.39 is 0 Å². The Kier molecular flexibility index (Phi) is 3.12. The van der Waals surface area contributed by atoms with Crippen molar-refractivity contribution in [3.8, 4) is 0 Å². The molecule has 1 aromatic heterocycles. The van der Waals surface area contributed by atoms with Crippen LogP contribution in [0.25, 0.3) is 0 Å². The van der Waals surface area contributed by atoms with Crippen LogP contribution in [0.5, 0.6) is 0 Å². The third kappa shape index (κ3) is 2.43. The maximum absolute atomic E-state index is 11.9. The van der Waals surface area contributed by atoms with Crippen LogP contribution >= 0.6 is 0 Å². The topological polar surface area (TPSA) is 45.5 Å². The summed E-state index contributed by atoms with van der Waals surface area (Å²) in [5.41, 5.74) is 0.659. The molecule has 4 heteroatoms. The average molecular weight is 248 g/mol. The number of nitrogens with one attached hydrogen (secondary N) is 1. The van der Waals surface area contributed by atoms with Crippen molar-refractivity contribution in [3.05, 3.63) is 23.7 Å². The van der Waals surface area contributed by atoms with Gasteiger partial charge in [-0.2, -0.15) is 0 Å². The van der Waals surface area contributed by atoms with E-state index in [-0.39, 0.29) is 5.91 Å². The van der Waals surface area contributed by atoms with Crippen LogP contribution in [-0.4, -0.2) is 36.5 Å². The largest absolute Gasteiger partial charge is 0.469 e. The Bertz CT molecular complexity index is 437. The predicted molar refractivity (Wildman–Crippen MR) is 68.5 cm³/mol. The number of nitrogens with zero attached hydrogens (tertiary/aromatic N) is 1. The van der Waals surface area contributed by atoms with Crippen molar-refractivity contribution in [2.45, 2.75) is 32.2 Å². The van der Waals surface area contributed by atoms with Crippen molar-refractivity contribution in [3.63, 3.8) is 0 Å². The van der Waals surface area contributed by atoms with Crippen molar-refractivity contribution in [1.29, 1.82) is 0 Å². The molecule has 1 aromatic rings. The summed E-state index contributed by atoms with van der Waals surface area (Å²) in [5.74, 6) is 1.30. The first-order chi connectivity index (χ1) is 8.74. The molecule has 1 amide bonds. The van der Waals surface area contributed by atoms with Crippen molar-refractivity contribution < 1.29 is 9.21 Å². The molecule has 1 saturated heterocycles. The normalized spacial score (nSPS) is 24.4. The molecule has 1 aliphatic heterocycles. The number of amides is 1. The number of carbonyl (C=O) groups excluding carboxylic acids is 1. The second kappa shape index (κ2) is 4.76. The van der Waals surface area contributed by atoms with Crippen LogP contribution in [0.3, 0.4) is 0 Å². The van der Waals surface area contributed by atoms with Gasteiger partial charge in [0, 0.05) is 19.1 Å². The highest BCUT2D eigenvalue weighted by atomic mass is 16.3. The van der Waals surface area contributed by atoms with Gasteiger partial charge in [-0.25, -0.2) is 0 Å². The summed E-state index contributed by atoms with van der Waals surface area (Å²) in [4.78, 5) is 14.5. The molecule has 1 unspecified atom stereocenters. The Balaban J connectivity index is 1.47. The fourth-order valence-electron chi connectivity index (χ4n) is 2.75. The summed E-state index contributed by atoms with van der Waals surface area (Å²) < 4.78 is 5.15. The van der Waals surface area contributed by atoms with Crippen molar-refractivity contribution in [1.82, 2.24) is 10.2 Å². The molecule has 3 rings (SSSR count). The number of likely N-dealkylation sites (tertiary alicyclic amines) is 1. The number of hydrogen-bond acceptors (Lipinski definition) is 3. The van der Waals surface area contributed by atoms with Crippen LogP contribution in [0.15, 0.2) is 16.7 Å². The van der Waals surface area contributed by atoms with Crippen molar-refractivity contribution >= 4 is 5.91 Å². The Morgan fingerprint density at radius 2 is 2.33 bits per heavy atom. The van der Waals surface area contributed by atoms with Crippen molar-refractivity contribution in [2.24, 2.45) is 5.92 Å². The van der Waals surface area contributed by atoms with E-state index in [9.17, 15) is 4.79 Å². The SMILES string of the molecule is Cc1occc1C(=O)NCC1CCN(C2CC2)C1. The molecule has 0 spiro atoms. The number of rotatable bonds is 4. The van der Waals surface area contributed by atoms with Crippen LogP contribution in [0, 0.1) is 12.8 Å². The zero-order valence-corrected chi connectivity index (χ0v) is 10.8. The average Bonchev–Trinajstić information content (AvgIpc) is 2.95. The number of furan rings is 1. The van der Waals surface area contributed by atoms with Crippen molar-refractivity contribution in [2.75, 3.05) is 19.6 Å². The van der Waals surface area contributed by atoms with Gasteiger partial charge in [0.05, 0.1) is 11.8 Å². The molecule has 0 bridgehead atoms. The summed E-state index contributed by atoms with van der Waals surface area (Å²) in [5, 5.41) is 3.02. The summed E-state index contributed by atoms with van der Waals surface area (Å²) >= 11 is 0. The Labute approximate surface area is 107 Å². The lowest BCUT2D eigenvalue weighted by molar-refractivity contribution is 0.0946. The minimum Gasteiger partial charge on any atom is -0.469 e. The Morgan fingerprint density at radius 1 is 1.50 bits per heavy atom. The minimum atomic E-state index is -0.00822. The molecule has 4 nitrogen and oxygen atoms in total. The van der Waals surface area contributed by atoms with Gasteiger partial charge in [0.15, 0.2) is 0 Å². The molecule has 1 atom stereocenters. The molecule has 98 valence electrons. The molecule has 18 heavy (non-hydrogen) atoms. The maximum Gasteiger partial charge on any atom is 0.254 e. The van der Waals surface area contributed by atoms with E-state index in [4.69, 9.17) is 4.42 Å². The first-order valence-electron chi connectivity index (χ1n) is 6.80. The molecule has 2 aliphatic rings. The Morgan fingerprint density at radius 3 is 3.00 bits per heavy atom. The van der Waals surface area contributed by atoms with E-state index in [1.54, 1.807) is 12.3 Å². The van der Waals surface area contributed by atoms with Crippen LogP contribution in [-0.2, 0) is 0 Å². The van der Waals surface area contributed by atoms with E-state index in [1.807, 2.05) is 6.92 Å². The monoisotopic (exact) mass is 248 g/mol. The van der Waals surface area contributed by atoms with E-state index in [1.165, 1.54) is 25.8 Å². The van der Waals surface area contributed by atoms with Crippen LogP contribution < -0.4 is 5.32 Å². The first-order valence-corrected chi connectivity index (χ1v) is 6.80. The van der Waals surface area contributed by atoms with Gasteiger partial charge < -0.3 is 14.6 Å². The molecule has 0 aromatic carbocycles. The zero-order valence-electron chi connectivity index (χ0n) is 10.8. The highest BCUT2D eigenvalue weighted by Gasteiger charge is 2.34. The van der Waals surface area contributed by atoms with Crippen LogP contribution in [0.4, 0.5) is 0 Å². The van der Waals surface area contributed by atoms with Gasteiger partial charge in [-0.1, -0.05) is 0 Å². The lowest BCUT2D eigenvalue weighted by Gasteiger charge is -2.15. The van der Waals surface area contributed by atoms with Gasteiger partial charge in [-0.05, 0) is 44.7 Å². The highest BCUT2D eigenvalue weighted by Crippen LogP contribution is 2.31. The van der Waals surface area contributed by atoms with Gasteiger partial charge in [-0.3, -0.25) is 4.79 Å². The summed E-state index contributed by atoms with van der Waals surface area (Å²) in [6.07, 6.45) is 5.51. The van der Waals surface area contributed by atoms with Gasteiger partial charge in [0.25, 0.3) is 5.91 Å². The van der Waals surface area contributed by atoms with E-state index in [0.717, 1.165) is 19.1 Å². The highest BCUT2D eigenvalue weighted by molar-refractivity contribution is 5.95. The second-order valence-corrected chi connectivity index (χ2v) is 5.48. The molecule has 1 saturated carbocycles. The van der Waals surface area contributed by atoms with Crippen LogP contribution in [0.1, 0.15) is 35.4 Å². The molecular weight excluding hydrogens is 228 g/mol. The third-order valence-electron chi connectivity index (χ3n) is 4.04. The summed E-state index contributed by atoms with van der Waals surface area (Å²) in [6.45, 7) is 4.96. The maximum atomic E-state index is 11.9. The predicted octanol–water partition coefficient (Wildman–Crippen LogP) is 1.80. The standard InChI is InChI=1S/C14H20N2O2/c1-10-13(5-7-18-10)14(17)15-8-11-4-6-16(9-11)12-2-3-12/h5,7,11-12H,2-4,6,8-9H2,1H3,(H,15,17). The lowest BCUT2D eigenvalue weighted by atomic mass is 10.1. The number of hydrogen-bond donors (Lipinski definition) is 1. The molecule has 1 N–H and O–H groups in total. The van der Waals surface area contributed by atoms with Gasteiger partial charge in [0.1, 0.15) is 5.76 Å². The van der Waals surface area contributed by atoms with Gasteiger partial charge in [0.2, 0.25) is 0 Å². The molecular formula is C14H20N2O2. The molecule has 2 heterocycles. The van der Waals surface area contributed by atoms with E-state index >= 15 is 0 Å².